The van der Waals surface area contributed by atoms with Crippen LogP contribution in [0.5, 0.6) is 11.5 Å². The molecule has 6 heteroatoms. The van der Waals surface area contributed by atoms with Crippen LogP contribution in [0, 0.1) is 13.8 Å². The van der Waals surface area contributed by atoms with Crippen molar-refractivity contribution in [3.8, 4) is 17.2 Å². The lowest BCUT2D eigenvalue weighted by atomic mass is 10.1. The van der Waals surface area contributed by atoms with Gasteiger partial charge in [0.15, 0.2) is 0 Å². The molecule has 0 bridgehead atoms. The molecule has 0 unspecified atom stereocenters. The van der Waals surface area contributed by atoms with E-state index >= 15 is 0 Å². The second kappa shape index (κ2) is 6.57. The first kappa shape index (κ1) is 16.8. The molecule has 0 radical (unpaired) electrons. The van der Waals surface area contributed by atoms with E-state index in [1.165, 1.54) is 0 Å². The molecule has 2 aromatic carbocycles. The summed E-state index contributed by atoms with van der Waals surface area (Å²) in [6.07, 6.45) is 3.32. The fraction of sp³-hybridized carbons (Fsp3) is 0.0952. The summed E-state index contributed by atoms with van der Waals surface area (Å²) in [5.41, 5.74) is 10.1. The van der Waals surface area contributed by atoms with Gasteiger partial charge in [0.2, 0.25) is 5.82 Å². The molecular weight excluding hydrogens is 340 g/mol. The Morgan fingerprint density at radius 3 is 2.63 bits per heavy atom. The van der Waals surface area contributed by atoms with Crippen LogP contribution in [0.15, 0.2) is 60.9 Å². The number of nitrogens with zero attached hydrogens (tertiary/aromatic N) is 3. The van der Waals surface area contributed by atoms with Gasteiger partial charge < -0.3 is 10.5 Å². The largest absolute Gasteiger partial charge is 0.456 e. The Labute approximate surface area is 156 Å². The maximum atomic E-state index is 12.0. The molecule has 0 saturated heterocycles. The first-order valence-corrected chi connectivity index (χ1v) is 8.51. The summed E-state index contributed by atoms with van der Waals surface area (Å²) in [6.45, 7) is 4.00. The highest BCUT2D eigenvalue weighted by molar-refractivity contribution is 5.96. The number of carbonyl (C=O) groups excluding carboxylic acids is 1. The van der Waals surface area contributed by atoms with Crippen molar-refractivity contribution >= 4 is 16.9 Å². The SMILES string of the molecule is Cc1ccc2c(nc(C(N)=O)n2-c2cccc(Oc3cccnc3)c2)c1C. The molecule has 2 aromatic heterocycles. The molecule has 134 valence electrons. The van der Waals surface area contributed by atoms with E-state index in [4.69, 9.17) is 10.5 Å². The molecule has 4 rings (SSSR count). The van der Waals surface area contributed by atoms with Crippen LogP contribution in [-0.2, 0) is 0 Å². The van der Waals surface area contributed by atoms with Crippen LogP contribution < -0.4 is 10.5 Å². The average molecular weight is 358 g/mol. The normalized spacial score (nSPS) is 10.9. The van der Waals surface area contributed by atoms with E-state index in [1.54, 1.807) is 23.0 Å². The number of primary amides is 1. The summed E-state index contributed by atoms with van der Waals surface area (Å²) in [5, 5.41) is 0. The van der Waals surface area contributed by atoms with E-state index in [0.717, 1.165) is 27.8 Å². The van der Waals surface area contributed by atoms with Crippen molar-refractivity contribution in [2.75, 3.05) is 0 Å². The Kier molecular flexibility index (Phi) is 4.08. The molecule has 0 saturated carbocycles. The Hall–Kier alpha value is -3.67. The number of hydrogen-bond acceptors (Lipinski definition) is 4. The Balaban J connectivity index is 1.87. The Morgan fingerprint density at radius 1 is 1.07 bits per heavy atom. The fourth-order valence-corrected chi connectivity index (χ4v) is 3.03. The van der Waals surface area contributed by atoms with Gasteiger partial charge in [-0.1, -0.05) is 12.1 Å². The zero-order valence-electron chi connectivity index (χ0n) is 15.0. The highest BCUT2D eigenvalue weighted by atomic mass is 16.5. The quantitative estimate of drug-likeness (QED) is 0.599. The van der Waals surface area contributed by atoms with Crippen LogP contribution in [0.2, 0.25) is 0 Å². The molecule has 27 heavy (non-hydrogen) atoms. The van der Waals surface area contributed by atoms with E-state index in [9.17, 15) is 4.79 Å². The first-order chi connectivity index (χ1) is 13.0. The van der Waals surface area contributed by atoms with Crippen LogP contribution in [0.1, 0.15) is 21.7 Å². The topological polar surface area (TPSA) is 83.0 Å². The second-order valence-corrected chi connectivity index (χ2v) is 6.30. The number of carbonyl (C=O) groups is 1. The summed E-state index contributed by atoms with van der Waals surface area (Å²) in [6, 6.07) is 15.0. The molecule has 0 spiro atoms. The lowest BCUT2D eigenvalue weighted by Crippen LogP contribution is -2.17. The minimum Gasteiger partial charge on any atom is -0.456 e. The van der Waals surface area contributed by atoms with E-state index in [0.29, 0.717) is 11.5 Å². The molecular formula is C21H18N4O2. The van der Waals surface area contributed by atoms with Crippen molar-refractivity contribution in [3.63, 3.8) is 0 Å². The third-order valence-corrected chi connectivity index (χ3v) is 4.52. The van der Waals surface area contributed by atoms with Gasteiger partial charge in [-0.05, 0) is 55.3 Å². The maximum Gasteiger partial charge on any atom is 0.285 e. The van der Waals surface area contributed by atoms with Gasteiger partial charge >= 0.3 is 0 Å². The predicted octanol–water partition coefficient (Wildman–Crippen LogP) is 3.93. The van der Waals surface area contributed by atoms with Gasteiger partial charge in [-0.2, -0.15) is 0 Å². The highest BCUT2D eigenvalue weighted by Gasteiger charge is 2.18. The molecule has 4 aromatic rings. The van der Waals surface area contributed by atoms with Gasteiger partial charge in [-0.25, -0.2) is 4.98 Å². The summed E-state index contributed by atoms with van der Waals surface area (Å²) < 4.78 is 7.62. The number of fused-ring (bicyclic) bond motifs is 1. The number of imidazole rings is 1. The number of pyridine rings is 1. The number of ether oxygens (including phenoxy) is 1. The molecule has 0 aliphatic heterocycles. The lowest BCUT2D eigenvalue weighted by molar-refractivity contribution is 0.0989. The van der Waals surface area contributed by atoms with E-state index in [-0.39, 0.29) is 5.82 Å². The number of aryl methyl sites for hydroxylation is 2. The molecule has 2 heterocycles. The minimum atomic E-state index is -0.582. The Bertz CT molecular complexity index is 1150. The van der Waals surface area contributed by atoms with Crippen molar-refractivity contribution in [2.45, 2.75) is 13.8 Å². The van der Waals surface area contributed by atoms with Crippen LogP contribution >= 0.6 is 0 Å². The monoisotopic (exact) mass is 358 g/mol. The molecule has 0 fully saturated rings. The van der Waals surface area contributed by atoms with Gasteiger partial charge in [0, 0.05) is 12.3 Å². The van der Waals surface area contributed by atoms with Gasteiger partial charge in [0.05, 0.1) is 22.9 Å². The molecule has 2 N–H and O–H groups in total. The summed E-state index contributed by atoms with van der Waals surface area (Å²) in [5.74, 6) is 0.868. The van der Waals surface area contributed by atoms with Gasteiger partial charge in [0.1, 0.15) is 11.5 Å². The number of benzene rings is 2. The molecule has 1 amide bonds. The standard InChI is InChI=1S/C21H18N4O2/c1-13-8-9-18-19(14(13)2)24-21(20(22)26)25(18)15-5-3-6-16(11-15)27-17-7-4-10-23-12-17/h3-12H,1-2H3,(H2,22,26). The van der Waals surface area contributed by atoms with Gasteiger partial charge in [0.25, 0.3) is 5.91 Å². The summed E-state index contributed by atoms with van der Waals surface area (Å²) in [4.78, 5) is 20.6. The predicted molar refractivity (Wildman–Crippen MR) is 103 cm³/mol. The van der Waals surface area contributed by atoms with Crippen molar-refractivity contribution in [1.82, 2.24) is 14.5 Å². The van der Waals surface area contributed by atoms with Crippen molar-refractivity contribution in [1.29, 1.82) is 0 Å². The maximum absolute atomic E-state index is 12.0. The zero-order chi connectivity index (χ0) is 19.0. The molecule has 6 nitrogen and oxygen atoms in total. The summed E-state index contributed by atoms with van der Waals surface area (Å²) in [7, 11) is 0. The van der Waals surface area contributed by atoms with Gasteiger partial charge in [-0.15, -0.1) is 0 Å². The minimum absolute atomic E-state index is 0.192. The average Bonchev–Trinajstić information content (AvgIpc) is 3.06. The number of aromatic nitrogens is 3. The van der Waals surface area contributed by atoms with E-state index in [2.05, 4.69) is 9.97 Å². The molecule has 0 aliphatic rings. The van der Waals surface area contributed by atoms with Crippen LogP contribution in [0.3, 0.4) is 0 Å². The van der Waals surface area contributed by atoms with Crippen LogP contribution in [-0.4, -0.2) is 20.4 Å². The molecule has 0 atom stereocenters. The van der Waals surface area contributed by atoms with Crippen molar-refractivity contribution in [3.05, 3.63) is 77.9 Å². The Morgan fingerprint density at radius 2 is 1.89 bits per heavy atom. The van der Waals surface area contributed by atoms with Gasteiger partial charge in [-0.3, -0.25) is 14.3 Å². The lowest BCUT2D eigenvalue weighted by Gasteiger charge is -2.11. The third kappa shape index (κ3) is 3.01. The smallest absolute Gasteiger partial charge is 0.285 e. The first-order valence-electron chi connectivity index (χ1n) is 8.51. The summed E-state index contributed by atoms with van der Waals surface area (Å²) >= 11 is 0. The van der Waals surface area contributed by atoms with E-state index < -0.39 is 5.91 Å². The van der Waals surface area contributed by atoms with Crippen LogP contribution in [0.25, 0.3) is 16.7 Å². The number of rotatable bonds is 4. The highest BCUT2D eigenvalue weighted by Crippen LogP contribution is 2.28. The molecule has 0 aliphatic carbocycles. The van der Waals surface area contributed by atoms with Crippen molar-refractivity contribution in [2.24, 2.45) is 5.73 Å². The third-order valence-electron chi connectivity index (χ3n) is 4.52. The van der Waals surface area contributed by atoms with Crippen LogP contribution in [0.4, 0.5) is 0 Å². The number of nitrogens with two attached hydrogens (primary N) is 1. The fourth-order valence-electron chi connectivity index (χ4n) is 3.03. The number of amides is 1. The van der Waals surface area contributed by atoms with E-state index in [1.807, 2.05) is 56.3 Å². The second-order valence-electron chi connectivity index (χ2n) is 6.30. The van der Waals surface area contributed by atoms with Crippen molar-refractivity contribution < 1.29 is 9.53 Å². The number of hydrogen-bond donors (Lipinski definition) is 1. The zero-order valence-corrected chi connectivity index (χ0v) is 15.0.